The average molecular weight is 308 g/mol. The lowest BCUT2D eigenvalue weighted by Gasteiger charge is -2.29. The summed E-state index contributed by atoms with van der Waals surface area (Å²) >= 11 is 1.31. The highest BCUT2D eigenvalue weighted by molar-refractivity contribution is 7.98. The van der Waals surface area contributed by atoms with Gasteiger partial charge in [-0.25, -0.2) is 0 Å². The lowest BCUT2D eigenvalue weighted by atomic mass is 9.86. The standard InChI is InChI=1S/C15H20N2O3S/c1-10-5-3-4-6-12(10)16-15(18)11-7-8-14(21-2)13(9-11)17(19)20/h7-10,12H,3-6H2,1-2H3,(H,16,18). The van der Waals surface area contributed by atoms with E-state index in [-0.39, 0.29) is 17.6 Å². The molecular formula is C15H20N2O3S. The van der Waals surface area contributed by atoms with Crippen LogP contribution in [0.5, 0.6) is 0 Å². The van der Waals surface area contributed by atoms with Crippen LogP contribution >= 0.6 is 11.8 Å². The van der Waals surface area contributed by atoms with Gasteiger partial charge in [-0.3, -0.25) is 14.9 Å². The van der Waals surface area contributed by atoms with Gasteiger partial charge in [0.25, 0.3) is 11.6 Å². The number of carbonyl (C=O) groups excluding carboxylic acids is 1. The Labute approximate surface area is 128 Å². The molecule has 1 N–H and O–H groups in total. The van der Waals surface area contributed by atoms with Gasteiger partial charge >= 0.3 is 0 Å². The maximum Gasteiger partial charge on any atom is 0.283 e. The molecule has 0 heterocycles. The van der Waals surface area contributed by atoms with Gasteiger partial charge in [0.1, 0.15) is 0 Å². The molecule has 2 unspecified atom stereocenters. The fraction of sp³-hybridized carbons (Fsp3) is 0.533. The zero-order chi connectivity index (χ0) is 15.4. The predicted molar refractivity (Wildman–Crippen MR) is 83.8 cm³/mol. The Morgan fingerprint density at radius 1 is 1.38 bits per heavy atom. The molecule has 0 bridgehead atoms. The van der Waals surface area contributed by atoms with Crippen LogP contribution in [0, 0.1) is 16.0 Å². The fourth-order valence-corrected chi connectivity index (χ4v) is 3.30. The van der Waals surface area contributed by atoms with Crippen LogP contribution in [0.2, 0.25) is 0 Å². The second-order valence-corrected chi connectivity index (χ2v) is 6.33. The Morgan fingerprint density at radius 2 is 2.10 bits per heavy atom. The molecule has 1 aliphatic carbocycles. The second kappa shape index (κ2) is 6.93. The summed E-state index contributed by atoms with van der Waals surface area (Å²) in [5.41, 5.74) is 0.351. The van der Waals surface area contributed by atoms with Crippen molar-refractivity contribution >= 4 is 23.4 Å². The molecule has 114 valence electrons. The van der Waals surface area contributed by atoms with Crippen LogP contribution in [-0.2, 0) is 0 Å². The van der Waals surface area contributed by atoms with Gasteiger partial charge in [-0.05, 0) is 37.1 Å². The molecule has 0 spiro atoms. The largest absolute Gasteiger partial charge is 0.349 e. The van der Waals surface area contributed by atoms with Crippen molar-refractivity contribution < 1.29 is 9.72 Å². The van der Waals surface area contributed by atoms with E-state index in [2.05, 4.69) is 12.2 Å². The molecule has 1 saturated carbocycles. The van der Waals surface area contributed by atoms with Crippen LogP contribution in [0.25, 0.3) is 0 Å². The monoisotopic (exact) mass is 308 g/mol. The van der Waals surface area contributed by atoms with Gasteiger partial charge in [-0.2, -0.15) is 0 Å². The molecule has 2 rings (SSSR count). The third kappa shape index (κ3) is 3.75. The van der Waals surface area contributed by atoms with Crippen LogP contribution in [0.3, 0.4) is 0 Å². The van der Waals surface area contributed by atoms with Crippen LogP contribution in [0.15, 0.2) is 23.1 Å². The molecule has 2 atom stereocenters. The molecule has 0 aromatic heterocycles. The third-order valence-electron chi connectivity index (χ3n) is 4.07. The van der Waals surface area contributed by atoms with Gasteiger partial charge in [-0.1, -0.05) is 19.8 Å². The van der Waals surface area contributed by atoms with Gasteiger partial charge in [-0.15, -0.1) is 11.8 Å². The first-order chi connectivity index (χ1) is 10.0. The Hall–Kier alpha value is -1.56. The van der Waals surface area contributed by atoms with E-state index in [0.29, 0.717) is 16.4 Å². The highest BCUT2D eigenvalue weighted by Crippen LogP contribution is 2.29. The quantitative estimate of drug-likeness (QED) is 0.524. The maximum atomic E-state index is 12.3. The molecule has 0 saturated heterocycles. The number of nitrogens with zero attached hydrogens (tertiary/aromatic N) is 1. The summed E-state index contributed by atoms with van der Waals surface area (Å²) in [6.07, 6.45) is 6.22. The van der Waals surface area contributed by atoms with E-state index in [9.17, 15) is 14.9 Å². The number of nitro groups is 1. The van der Waals surface area contributed by atoms with Crippen molar-refractivity contribution in [3.8, 4) is 0 Å². The van der Waals surface area contributed by atoms with Crippen molar-refractivity contribution in [3.05, 3.63) is 33.9 Å². The van der Waals surface area contributed by atoms with Gasteiger partial charge in [0.05, 0.1) is 9.82 Å². The number of nitro benzene ring substituents is 1. The van der Waals surface area contributed by atoms with E-state index in [4.69, 9.17) is 0 Å². The minimum atomic E-state index is -0.439. The highest BCUT2D eigenvalue weighted by atomic mass is 32.2. The zero-order valence-electron chi connectivity index (χ0n) is 12.3. The van der Waals surface area contributed by atoms with Crippen molar-refractivity contribution in [2.24, 2.45) is 5.92 Å². The smallest absolute Gasteiger partial charge is 0.283 e. The van der Waals surface area contributed by atoms with E-state index in [1.165, 1.54) is 24.2 Å². The third-order valence-corrected chi connectivity index (χ3v) is 4.85. The normalized spacial score (nSPS) is 21.8. The van der Waals surface area contributed by atoms with E-state index < -0.39 is 4.92 Å². The van der Waals surface area contributed by atoms with Gasteiger partial charge in [0.2, 0.25) is 0 Å². The molecule has 1 fully saturated rings. The van der Waals surface area contributed by atoms with Crippen LogP contribution in [0.4, 0.5) is 5.69 Å². The summed E-state index contributed by atoms with van der Waals surface area (Å²) in [6, 6.07) is 4.84. The Kier molecular flexibility index (Phi) is 5.22. The number of benzene rings is 1. The van der Waals surface area contributed by atoms with Gasteiger partial charge < -0.3 is 5.32 Å². The Morgan fingerprint density at radius 3 is 2.71 bits per heavy atom. The molecule has 1 aromatic rings. The molecule has 5 nitrogen and oxygen atoms in total. The topological polar surface area (TPSA) is 72.2 Å². The van der Waals surface area contributed by atoms with Crippen LogP contribution in [-0.4, -0.2) is 23.1 Å². The molecule has 0 aliphatic heterocycles. The minimum absolute atomic E-state index is 0.00755. The van der Waals surface area contributed by atoms with E-state index >= 15 is 0 Å². The van der Waals surface area contributed by atoms with Gasteiger partial charge in [0, 0.05) is 17.7 Å². The molecule has 1 aromatic carbocycles. The number of thioether (sulfide) groups is 1. The molecule has 0 radical (unpaired) electrons. The Balaban J connectivity index is 2.15. The number of hydrogen-bond donors (Lipinski definition) is 1. The highest BCUT2D eigenvalue weighted by Gasteiger charge is 2.24. The molecule has 6 heteroatoms. The van der Waals surface area contributed by atoms with Gasteiger partial charge in [0.15, 0.2) is 0 Å². The summed E-state index contributed by atoms with van der Waals surface area (Å²) in [4.78, 5) is 23.5. The minimum Gasteiger partial charge on any atom is -0.349 e. The van der Waals surface area contributed by atoms with Crippen molar-refractivity contribution in [2.75, 3.05) is 6.26 Å². The van der Waals surface area contributed by atoms with Crippen molar-refractivity contribution in [1.82, 2.24) is 5.32 Å². The Bertz CT molecular complexity index is 548. The van der Waals surface area contributed by atoms with Crippen molar-refractivity contribution in [3.63, 3.8) is 0 Å². The van der Waals surface area contributed by atoms with E-state index in [1.54, 1.807) is 18.4 Å². The average Bonchev–Trinajstić information content (AvgIpc) is 2.48. The number of amides is 1. The molecular weight excluding hydrogens is 288 g/mol. The molecule has 21 heavy (non-hydrogen) atoms. The first kappa shape index (κ1) is 15.8. The maximum absolute atomic E-state index is 12.3. The summed E-state index contributed by atoms with van der Waals surface area (Å²) in [5.74, 6) is 0.243. The SMILES string of the molecule is CSc1ccc(C(=O)NC2CCCCC2C)cc1[N+](=O)[O-]. The van der Waals surface area contributed by atoms with E-state index in [1.807, 2.05) is 0 Å². The summed E-state index contributed by atoms with van der Waals surface area (Å²) in [6.45, 7) is 2.14. The lowest BCUT2D eigenvalue weighted by molar-refractivity contribution is -0.387. The number of hydrogen-bond acceptors (Lipinski definition) is 4. The number of carbonyl (C=O) groups is 1. The lowest BCUT2D eigenvalue weighted by Crippen LogP contribution is -2.41. The summed E-state index contributed by atoms with van der Waals surface area (Å²) in [5, 5.41) is 14.1. The first-order valence-electron chi connectivity index (χ1n) is 7.16. The first-order valence-corrected chi connectivity index (χ1v) is 8.38. The van der Waals surface area contributed by atoms with Crippen molar-refractivity contribution in [1.29, 1.82) is 0 Å². The van der Waals surface area contributed by atoms with E-state index in [0.717, 1.165) is 19.3 Å². The van der Waals surface area contributed by atoms with Crippen molar-refractivity contribution in [2.45, 2.75) is 43.5 Å². The van der Waals surface area contributed by atoms with Crippen LogP contribution < -0.4 is 5.32 Å². The predicted octanol–water partition coefficient (Wildman–Crippen LogP) is 3.63. The second-order valence-electron chi connectivity index (χ2n) is 5.49. The molecule has 1 aliphatic rings. The fourth-order valence-electron chi connectivity index (χ4n) is 2.76. The molecule has 1 amide bonds. The number of rotatable bonds is 4. The summed E-state index contributed by atoms with van der Waals surface area (Å²) < 4.78 is 0. The number of nitrogens with one attached hydrogen (secondary N) is 1. The zero-order valence-corrected chi connectivity index (χ0v) is 13.1. The summed E-state index contributed by atoms with van der Waals surface area (Å²) in [7, 11) is 0. The van der Waals surface area contributed by atoms with Crippen LogP contribution in [0.1, 0.15) is 43.0 Å².